The van der Waals surface area contributed by atoms with E-state index in [9.17, 15) is 18.0 Å². The first-order valence-corrected chi connectivity index (χ1v) is 14.3. The highest BCUT2D eigenvalue weighted by molar-refractivity contribution is 6.30. The number of carbonyl (C=O) groups is 1. The van der Waals surface area contributed by atoms with E-state index in [2.05, 4.69) is 10.3 Å². The first kappa shape index (κ1) is 30.4. The van der Waals surface area contributed by atoms with Gasteiger partial charge in [0.25, 0.3) is 0 Å². The van der Waals surface area contributed by atoms with E-state index in [1.807, 2.05) is 30.3 Å². The van der Waals surface area contributed by atoms with Crippen LogP contribution in [0.15, 0.2) is 96.1 Å². The van der Waals surface area contributed by atoms with Gasteiger partial charge in [-0.2, -0.15) is 13.2 Å². The highest BCUT2D eigenvalue weighted by Gasteiger charge is 2.43. The van der Waals surface area contributed by atoms with Crippen molar-refractivity contribution in [3.63, 3.8) is 0 Å². The molecule has 0 saturated heterocycles. The SMILES string of the molecule is CCOc1cc(C(F)(F)F)ccc1C1=NC(c2ccc(Cl)cc2)C(c2ccc(Cl)cc2)N1C(=O)NCCc1ccccn1. The molecule has 1 aliphatic rings. The molecular weight excluding hydrogens is 600 g/mol. The highest BCUT2D eigenvalue weighted by Crippen LogP contribution is 2.45. The first-order chi connectivity index (χ1) is 20.7. The van der Waals surface area contributed by atoms with Gasteiger partial charge in [0, 0.05) is 34.9 Å². The van der Waals surface area contributed by atoms with E-state index in [-0.39, 0.29) is 30.3 Å². The predicted octanol–water partition coefficient (Wildman–Crippen LogP) is 8.30. The zero-order chi connectivity index (χ0) is 30.6. The Morgan fingerprint density at radius 3 is 2.23 bits per heavy atom. The Hall–Kier alpha value is -4.08. The van der Waals surface area contributed by atoms with Crippen LogP contribution in [0.4, 0.5) is 18.0 Å². The molecule has 2 heterocycles. The van der Waals surface area contributed by atoms with Gasteiger partial charge in [0.15, 0.2) is 0 Å². The zero-order valence-electron chi connectivity index (χ0n) is 23.0. The number of halogens is 5. The number of hydrogen-bond acceptors (Lipinski definition) is 4. The molecule has 5 rings (SSSR count). The third-order valence-electron chi connectivity index (χ3n) is 6.94. The molecule has 0 bridgehead atoms. The van der Waals surface area contributed by atoms with Crippen molar-refractivity contribution in [1.29, 1.82) is 0 Å². The van der Waals surface area contributed by atoms with Crippen LogP contribution in [0.25, 0.3) is 0 Å². The minimum atomic E-state index is -4.58. The average Bonchev–Trinajstić information content (AvgIpc) is 3.38. The maximum absolute atomic E-state index is 14.0. The highest BCUT2D eigenvalue weighted by atomic mass is 35.5. The van der Waals surface area contributed by atoms with Gasteiger partial charge >= 0.3 is 12.2 Å². The van der Waals surface area contributed by atoms with E-state index in [1.165, 1.54) is 11.0 Å². The lowest BCUT2D eigenvalue weighted by atomic mass is 9.94. The minimum Gasteiger partial charge on any atom is -0.493 e. The minimum absolute atomic E-state index is 0.0334. The smallest absolute Gasteiger partial charge is 0.416 e. The van der Waals surface area contributed by atoms with Crippen LogP contribution in [-0.4, -0.2) is 34.9 Å². The molecule has 43 heavy (non-hydrogen) atoms. The molecule has 0 aliphatic carbocycles. The van der Waals surface area contributed by atoms with Crippen LogP contribution in [0, 0.1) is 0 Å². The van der Waals surface area contributed by atoms with Crippen LogP contribution in [-0.2, 0) is 12.6 Å². The number of aliphatic imine (C=N–C) groups is 1. The van der Waals surface area contributed by atoms with Crippen LogP contribution in [0.3, 0.4) is 0 Å². The number of carbonyl (C=O) groups excluding carboxylic acids is 1. The maximum atomic E-state index is 14.0. The van der Waals surface area contributed by atoms with Gasteiger partial charge in [-0.25, -0.2) is 4.79 Å². The number of alkyl halides is 3. The maximum Gasteiger partial charge on any atom is 0.416 e. The lowest BCUT2D eigenvalue weighted by Gasteiger charge is -2.30. The number of urea groups is 1. The summed E-state index contributed by atoms with van der Waals surface area (Å²) in [5.74, 6) is 0.140. The van der Waals surface area contributed by atoms with E-state index >= 15 is 0 Å². The van der Waals surface area contributed by atoms with Crippen LogP contribution in [0.5, 0.6) is 5.75 Å². The summed E-state index contributed by atoms with van der Waals surface area (Å²) < 4.78 is 46.6. The van der Waals surface area contributed by atoms with E-state index in [0.717, 1.165) is 29.0 Å². The summed E-state index contributed by atoms with van der Waals surface area (Å²) in [7, 11) is 0. The van der Waals surface area contributed by atoms with Crippen LogP contribution in [0.2, 0.25) is 10.0 Å². The number of ether oxygens (including phenoxy) is 1. The van der Waals surface area contributed by atoms with Gasteiger partial charge in [-0.05, 0) is 72.6 Å². The van der Waals surface area contributed by atoms with Crippen LogP contribution < -0.4 is 10.1 Å². The third-order valence-corrected chi connectivity index (χ3v) is 7.45. The monoisotopic (exact) mass is 626 g/mol. The van der Waals surface area contributed by atoms with Crippen molar-refractivity contribution >= 4 is 35.1 Å². The Bertz CT molecular complexity index is 1600. The molecule has 2 atom stereocenters. The summed E-state index contributed by atoms with van der Waals surface area (Å²) in [4.78, 5) is 24.8. The number of nitrogens with zero attached hydrogens (tertiary/aromatic N) is 3. The van der Waals surface area contributed by atoms with Gasteiger partial charge < -0.3 is 10.1 Å². The molecule has 6 nitrogen and oxygen atoms in total. The Labute approximate surface area is 257 Å². The molecule has 4 aromatic rings. The topological polar surface area (TPSA) is 66.8 Å². The Morgan fingerprint density at radius 1 is 0.953 bits per heavy atom. The molecule has 2 unspecified atom stereocenters. The van der Waals surface area contributed by atoms with Crippen molar-refractivity contribution in [3.05, 3.63) is 129 Å². The molecule has 0 fully saturated rings. The van der Waals surface area contributed by atoms with E-state index in [0.29, 0.717) is 16.5 Å². The number of amides is 2. The number of aromatic nitrogens is 1. The fourth-order valence-electron chi connectivity index (χ4n) is 4.95. The predicted molar refractivity (Wildman–Crippen MR) is 161 cm³/mol. The van der Waals surface area contributed by atoms with Gasteiger partial charge in [-0.3, -0.25) is 14.9 Å². The van der Waals surface area contributed by atoms with Gasteiger partial charge in [0.1, 0.15) is 17.6 Å². The summed E-state index contributed by atoms with van der Waals surface area (Å²) in [6.45, 7) is 2.05. The molecule has 222 valence electrons. The Kier molecular flexibility index (Phi) is 9.22. The Balaban J connectivity index is 1.62. The van der Waals surface area contributed by atoms with Crippen molar-refractivity contribution < 1.29 is 22.7 Å². The number of nitrogens with one attached hydrogen (secondary N) is 1. The molecule has 2 amide bonds. The standard InChI is InChI=1S/C32H27Cl2F3N4O2/c1-2-43-27-19-22(32(35,36)37)10-15-26(27)30-40-28(20-6-11-23(33)12-7-20)29(21-8-13-24(34)14-9-21)41(30)31(42)39-18-16-25-5-3-4-17-38-25/h3-15,17,19,28-29H,2,16,18H2,1H3,(H,39,42). The summed E-state index contributed by atoms with van der Waals surface area (Å²) in [5, 5.41) is 3.99. The number of amidine groups is 1. The number of rotatable bonds is 8. The lowest BCUT2D eigenvalue weighted by molar-refractivity contribution is -0.137. The summed E-state index contributed by atoms with van der Waals surface area (Å²) in [5.41, 5.74) is 1.68. The second kappa shape index (κ2) is 13.1. The molecule has 1 aromatic heterocycles. The molecule has 0 radical (unpaired) electrons. The van der Waals surface area contributed by atoms with E-state index in [1.54, 1.807) is 49.5 Å². The van der Waals surface area contributed by atoms with E-state index < -0.39 is 29.9 Å². The quantitative estimate of drug-likeness (QED) is 0.214. The van der Waals surface area contributed by atoms with Crippen molar-refractivity contribution in [1.82, 2.24) is 15.2 Å². The molecule has 0 spiro atoms. The summed E-state index contributed by atoms with van der Waals surface area (Å²) in [6, 6.07) is 21.1. The third kappa shape index (κ3) is 6.95. The number of hydrogen-bond donors (Lipinski definition) is 1. The van der Waals surface area contributed by atoms with E-state index in [4.69, 9.17) is 32.9 Å². The van der Waals surface area contributed by atoms with Gasteiger partial charge in [0.2, 0.25) is 0 Å². The average molecular weight is 627 g/mol. The summed E-state index contributed by atoms with van der Waals surface area (Å²) in [6.07, 6.45) is -2.43. The number of pyridine rings is 1. The van der Waals surface area contributed by atoms with Crippen molar-refractivity contribution in [2.75, 3.05) is 13.2 Å². The van der Waals surface area contributed by atoms with Crippen LogP contribution >= 0.6 is 23.2 Å². The molecule has 3 aromatic carbocycles. The molecule has 0 saturated carbocycles. The normalized spacial score (nSPS) is 16.6. The van der Waals surface area contributed by atoms with Crippen molar-refractivity contribution in [2.24, 2.45) is 4.99 Å². The van der Waals surface area contributed by atoms with Gasteiger partial charge in [0.05, 0.1) is 23.8 Å². The largest absolute Gasteiger partial charge is 0.493 e. The molecular formula is C32H27Cl2F3N4O2. The second-order valence-electron chi connectivity index (χ2n) is 9.76. The van der Waals surface area contributed by atoms with Crippen molar-refractivity contribution in [2.45, 2.75) is 31.6 Å². The van der Waals surface area contributed by atoms with Crippen LogP contribution in [0.1, 0.15) is 47.0 Å². The fraction of sp³-hybridized carbons (Fsp3) is 0.219. The second-order valence-corrected chi connectivity index (χ2v) is 10.6. The van der Waals surface area contributed by atoms with Gasteiger partial charge in [-0.1, -0.05) is 53.5 Å². The molecule has 11 heteroatoms. The summed E-state index contributed by atoms with van der Waals surface area (Å²) >= 11 is 12.4. The van der Waals surface area contributed by atoms with Crippen molar-refractivity contribution in [3.8, 4) is 5.75 Å². The number of benzene rings is 3. The first-order valence-electron chi connectivity index (χ1n) is 13.6. The molecule has 1 aliphatic heterocycles. The van der Waals surface area contributed by atoms with Gasteiger partial charge in [-0.15, -0.1) is 0 Å². The zero-order valence-corrected chi connectivity index (χ0v) is 24.5. The fourth-order valence-corrected chi connectivity index (χ4v) is 5.21. The lowest BCUT2D eigenvalue weighted by Crippen LogP contribution is -2.45. The Morgan fingerprint density at radius 2 is 1.63 bits per heavy atom. The molecule has 1 N–H and O–H groups in total.